The van der Waals surface area contributed by atoms with E-state index < -0.39 is 0 Å². The highest BCUT2D eigenvalue weighted by molar-refractivity contribution is 6.03. The first kappa shape index (κ1) is 20.2. The predicted octanol–water partition coefficient (Wildman–Crippen LogP) is 2.21. The van der Waals surface area contributed by atoms with Gasteiger partial charge in [0.05, 0.1) is 7.11 Å². The molecule has 1 unspecified atom stereocenters. The Labute approximate surface area is 159 Å². The van der Waals surface area contributed by atoms with Crippen LogP contribution in [0, 0.1) is 5.92 Å². The molecule has 8 heteroatoms. The van der Waals surface area contributed by atoms with Crippen LogP contribution in [0.15, 0.2) is 18.2 Å². The third-order valence-electron chi connectivity index (χ3n) is 4.61. The van der Waals surface area contributed by atoms with Gasteiger partial charge in [0.2, 0.25) is 5.95 Å². The fourth-order valence-corrected chi connectivity index (χ4v) is 3.23. The van der Waals surface area contributed by atoms with Gasteiger partial charge in [0.25, 0.3) is 5.91 Å². The zero-order chi connectivity index (χ0) is 17.8. The van der Waals surface area contributed by atoms with Crippen molar-refractivity contribution in [1.82, 2.24) is 20.1 Å². The molecule has 2 N–H and O–H groups in total. The van der Waals surface area contributed by atoms with E-state index in [4.69, 9.17) is 4.74 Å². The van der Waals surface area contributed by atoms with Gasteiger partial charge < -0.3 is 10.1 Å². The molecular weight excluding hydrogens is 354 g/mol. The van der Waals surface area contributed by atoms with Gasteiger partial charge in [-0.05, 0) is 55.6 Å². The van der Waals surface area contributed by atoms with Crippen LogP contribution in [0.4, 0.5) is 5.95 Å². The Morgan fingerprint density at radius 2 is 2.27 bits per heavy atom. The molecule has 0 aliphatic carbocycles. The number of aryl methyl sites for hydroxylation is 2. The van der Waals surface area contributed by atoms with Crippen LogP contribution in [0.2, 0.25) is 0 Å². The molecule has 3 rings (SSSR count). The molecule has 1 aliphatic rings. The van der Waals surface area contributed by atoms with Crippen molar-refractivity contribution in [3.05, 3.63) is 35.2 Å². The van der Waals surface area contributed by atoms with Gasteiger partial charge in [0.1, 0.15) is 11.6 Å². The lowest BCUT2D eigenvalue weighted by atomic mass is 9.96. The number of anilines is 1. The Morgan fingerprint density at radius 3 is 2.88 bits per heavy atom. The molecule has 2 heterocycles. The number of halogens is 1. The summed E-state index contributed by atoms with van der Waals surface area (Å²) in [5.74, 6) is 2.37. The molecule has 0 saturated carbocycles. The SMILES string of the molecule is CCc1nc(NC(=O)c2ccc(OC)c(CC3CCNC3)c2)nn1C.Cl. The van der Waals surface area contributed by atoms with Gasteiger partial charge in [0, 0.05) is 19.0 Å². The lowest BCUT2D eigenvalue weighted by molar-refractivity contribution is 0.102. The number of hydrogen-bond donors (Lipinski definition) is 2. The van der Waals surface area contributed by atoms with Crippen molar-refractivity contribution in [3.8, 4) is 5.75 Å². The van der Waals surface area contributed by atoms with E-state index in [1.165, 1.54) is 0 Å². The van der Waals surface area contributed by atoms with E-state index in [2.05, 4.69) is 20.7 Å². The van der Waals surface area contributed by atoms with Crippen LogP contribution in [0.3, 0.4) is 0 Å². The van der Waals surface area contributed by atoms with E-state index in [0.29, 0.717) is 17.4 Å². The maximum absolute atomic E-state index is 12.6. The van der Waals surface area contributed by atoms with Crippen molar-refractivity contribution >= 4 is 24.3 Å². The summed E-state index contributed by atoms with van der Waals surface area (Å²) in [6.45, 7) is 4.07. The Balaban J connectivity index is 0.00000243. The third kappa shape index (κ3) is 4.53. The number of hydrogen-bond acceptors (Lipinski definition) is 5. The van der Waals surface area contributed by atoms with E-state index in [9.17, 15) is 4.79 Å². The number of carbonyl (C=O) groups is 1. The normalized spacial score (nSPS) is 16.2. The highest BCUT2D eigenvalue weighted by Gasteiger charge is 2.19. The maximum atomic E-state index is 12.6. The molecule has 2 aromatic rings. The summed E-state index contributed by atoms with van der Waals surface area (Å²) in [6, 6.07) is 5.54. The number of amides is 1. The van der Waals surface area contributed by atoms with Crippen molar-refractivity contribution in [3.63, 3.8) is 0 Å². The number of methoxy groups -OCH3 is 1. The van der Waals surface area contributed by atoms with E-state index in [1.54, 1.807) is 17.9 Å². The van der Waals surface area contributed by atoms with Crippen molar-refractivity contribution in [2.24, 2.45) is 13.0 Å². The molecule has 1 fully saturated rings. The van der Waals surface area contributed by atoms with Crippen molar-refractivity contribution < 1.29 is 9.53 Å². The molecule has 1 saturated heterocycles. The van der Waals surface area contributed by atoms with Crippen molar-refractivity contribution in [2.45, 2.75) is 26.2 Å². The minimum atomic E-state index is -0.207. The zero-order valence-corrected chi connectivity index (χ0v) is 16.2. The number of carbonyl (C=O) groups excluding carboxylic acids is 1. The lowest BCUT2D eigenvalue weighted by Crippen LogP contribution is -2.15. The Hall–Kier alpha value is -2.12. The van der Waals surface area contributed by atoms with E-state index in [0.717, 1.165) is 49.5 Å². The Bertz CT molecular complexity index is 756. The van der Waals surface area contributed by atoms with Gasteiger partial charge in [-0.2, -0.15) is 4.98 Å². The zero-order valence-electron chi connectivity index (χ0n) is 15.4. The maximum Gasteiger partial charge on any atom is 0.258 e. The topological polar surface area (TPSA) is 81.1 Å². The summed E-state index contributed by atoms with van der Waals surface area (Å²) in [6.07, 6.45) is 2.82. The molecule has 142 valence electrons. The van der Waals surface area contributed by atoms with Gasteiger partial charge in [0.15, 0.2) is 0 Å². The monoisotopic (exact) mass is 379 g/mol. The van der Waals surface area contributed by atoms with Crippen LogP contribution in [0.5, 0.6) is 5.75 Å². The van der Waals surface area contributed by atoms with Crippen LogP contribution in [-0.2, 0) is 19.9 Å². The van der Waals surface area contributed by atoms with Crippen LogP contribution in [0.25, 0.3) is 0 Å². The first-order chi connectivity index (χ1) is 12.1. The number of nitrogens with zero attached hydrogens (tertiary/aromatic N) is 3. The molecule has 1 aromatic heterocycles. The molecule has 0 radical (unpaired) electrons. The molecule has 7 nitrogen and oxygen atoms in total. The number of ether oxygens (including phenoxy) is 1. The second kappa shape index (κ2) is 9.00. The van der Waals surface area contributed by atoms with Crippen LogP contribution >= 0.6 is 12.4 Å². The highest BCUT2D eigenvalue weighted by Crippen LogP contribution is 2.25. The summed E-state index contributed by atoms with van der Waals surface area (Å²) < 4.78 is 7.14. The van der Waals surface area contributed by atoms with E-state index in [1.807, 2.05) is 26.1 Å². The summed E-state index contributed by atoms with van der Waals surface area (Å²) in [5.41, 5.74) is 1.65. The Kier molecular flexibility index (Phi) is 6.99. The van der Waals surface area contributed by atoms with Gasteiger partial charge in [-0.3, -0.25) is 14.8 Å². The largest absolute Gasteiger partial charge is 0.496 e. The number of nitrogens with one attached hydrogen (secondary N) is 2. The predicted molar refractivity (Wildman–Crippen MR) is 103 cm³/mol. The summed E-state index contributed by atoms with van der Waals surface area (Å²) in [5, 5.41) is 10.4. The van der Waals surface area contributed by atoms with Crippen molar-refractivity contribution in [1.29, 1.82) is 0 Å². The quantitative estimate of drug-likeness (QED) is 0.804. The second-order valence-electron chi connectivity index (χ2n) is 6.37. The molecule has 26 heavy (non-hydrogen) atoms. The summed E-state index contributed by atoms with van der Waals surface area (Å²) >= 11 is 0. The fraction of sp³-hybridized carbons (Fsp3) is 0.500. The number of benzene rings is 1. The van der Waals surface area contributed by atoms with Gasteiger partial charge in [-0.15, -0.1) is 17.5 Å². The van der Waals surface area contributed by atoms with E-state index >= 15 is 0 Å². The van der Waals surface area contributed by atoms with Crippen LogP contribution < -0.4 is 15.4 Å². The van der Waals surface area contributed by atoms with Crippen molar-refractivity contribution in [2.75, 3.05) is 25.5 Å². The minimum absolute atomic E-state index is 0. The molecule has 1 aromatic carbocycles. The molecule has 1 amide bonds. The first-order valence-corrected chi connectivity index (χ1v) is 8.69. The molecule has 1 atom stereocenters. The number of rotatable bonds is 6. The number of aromatic nitrogens is 3. The average Bonchev–Trinajstić information content (AvgIpc) is 3.24. The van der Waals surface area contributed by atoms with Crippen LogP contribution in [0.1, 0.15) is 35.1 Å². The molecule has 0 bridgehead atoms. The average molecular weight is 380 g/mol. The van der Waals surface area contributed by atoms with Gasteiger partial charge in [-0.25, -0.2) is 0 Å². The summed E-state index contributed by atoms with van der Waals surface area (Å²) in [7, 11) is 3.48. The Morgan fingerprint density at radius 1 is 1.46 bits per heavy atom. The fourth-order valence-electron chi connectivity index (χ4n) is 3.23. The smallest absolute Gasteiger partial charge is 0.258 e. The second-order valence-corrected chi connectivity index (χ2v) is 6.37. The standard InChI is InChI=1S/C18H25N5O2.ClH/c1-4-16-20-18(22-23(16)2)21-17(24)13-5-6-15(25-3)14(10-13)9-12-7-8-19-11-12;/h5-6,10,12,19H,4,7-9,11H2,1-3H3,(H,21,22,24);1H. The third-order valence-corrected chi connectivity index (χ3v) is 4.61. The highest BCUT2D eigenvalue weighted by atomic mass is 35.5. The summed E-state index contributed by atoms with van der Waals surface area (Å²) in [4.78, 5) is 16.9. The van der Waals surface area contributed by atoms with Gasteiger partial charge >= 0.3 is 0 Å². The van der Waals surface area contributed by atoms with E-state index in [-0.39, 0.29) is 18.3 Å². The first-order valence-electron chi connectivity index (χ1n) is 8.69. The molecular formula is C18H26ClN5O2. The minimum Gasteiger partial charge on any atom is -0.496 e. The van der Waals surface area contributed by atoms with Gasteiger partial charge in [-0.1, -0.05) is 6.92 Å². The molecule has 0 spiro atoms. The lowest BCUT2D eigenvalue weighted by Gasteiger charge is -2.13. The molecule has 1 aliphatic heterocycles. The van der Waals surface area contributed by atoms with Crippen LogP contribution in [-0.4, -0.2) is 40.9 Å².